The van der Waals surface area contributed by atoms with E-state index in [4.69, 9.17) is 11.6 Å². The zero-order valence-corrected chi connectivity index (χ0v) is 16.3. The molecular weight excluding hydrogens is 387 g/mol. The maximum atomic E-state index is 13.1. The number of rotatable bonds is 3. The minimum absolute atomic E-state index is 0. The summed E-state index contributed by atoms with van der Waals surface area (Å²) in [6.07, 6.45) is 1.98. The molecule has 27 heavy (non-hydrogen) atoms. The molecule has 0 spiro atoms. The number of hydrazine groups is 1. The second-order valence-electron chi connectivity index (χ2n) is 6.67. The van der Waals surface area contributed by atoms with Gasteiger partial charge in [-0.25, -0.2) is 10.4 Å². The normalized spacial score (nSPS) is 24.6. The van der Waals surface area contributed by atoms with Gasteiger partial charge in [0.15, 0.2) is 0 Å². The van der Waals surface area contributed by atoms with Crippen LogP contribution < -0.4 is 10.4 Å². The van der Waals surface area contributed by atoms with Crippen molar-refractivity contribution in [3.63, 3.8) is 0 Å². The minimum atomic E-state index is -0.312. The summed E-state index contributed by atoms with van der Waals surface area (Å²) in [7, 11) is 0. The molecule has 1 aromatic carbocycles. The maximum Gasteiger partial charge on any atom is 0.248 e. The summed E-state index contributed by atoms with van der Waals surface area (Å²) < 4.78 is 0. The molecule has 0 radical (unpaired) electrons. The number of nitrogens with zero attached hydrogens (tertiary/aromatic N) is 3. The molecule has 1 N–H and O–H groups in total. The van der Waals surface area contributed by atoms with Crippen LogP contribution in [0.5, 0.6) is 0 Å². The number of hydrogen-bond donors (Lipinski definition) is 1. The number of piperidine rings is 1. The lowest BCUT2D eigenvalue weighted by molar-refractivity contribution is -0.141. The van der Waals surface area contributed by atoms with Gasteiger partial charge < -0.3 is 4.90 Å². The fourth-order valence-electron chi connectivity index (χ4n) is 3.79. The van der Waals surface area contributed by atoms with Gasteiger partial charge in [0.2, 0.25) is 11.8 Å². The number of carbonyl (C=O) groups is 2. The molecule has 3 heterocycles. The van der Waals surface area contributed by atoms with Gasteiger partial charge in [-0.3, -0.25) is 14.6 Å². The average molecular weight is 407 g/mol. The first-order chi connectivity index (χ1) is 12.6. The molecule has 8 heteroatoms. The topological polar surface area (TPSA) is 65.5 Å². The molecule has 2 amide bonds. The number of carbonyl (C=O) groups excluding carboxylic acids is 2. The van der Waals surface area contributed by atoms with Crippen molar-refractivity contribution in [1.29, 1.82) is 0 Å². The molecule has 2 aliphatic heterocycles. The molecule has 142 valence electrons. The van der Waals surface area contributed by atoms with E-state index < -0.39 is 0 Å². The summed E-state index contributed by atoms with van der Waals surface area (Å²) in [5.41, 5.74) is 4.61. The largest absolute Gasteiger partial charge is 0.333 e. The summed E-state index contributed by atoms with van der Waals surface area (Å²) in [6, 6.07) is 12.4. The van der Waals surface area contributed by atoms with Crippen LogP contribution in [0, 0.1) is 5.92 Å². The van der Waals surface area contributed by atoms with Crippen molar-refractivity contribution in [2.24, 2.45) is 5.92 Å². The van der Waals surface area contributed by atoms with Gasteiger partial charge in [-0.1, -0.05) is 29.8 Å². The monoisotopic (exact) mass is 406 g/mol. The molecule has 2 fully saturated rings. The van der Waals surface area contributed by atoms with Crippen LogP contribution in [0.3, 0.4) is 0 Å². The van der Waals surface area contributed by atoms with E-state index in [1.807, 2.05) is 37.3 Å². The Morgan fingerprint density at radius 3 is 2.63 bits per heavy atom. The van der Waals surface area contributed by atoms with Crippen molar-refractivity contribution in [3.05, 3.63) is 59.4 Å². The number of hydrogen-bond acceptors (Lipinski definition) is 4. The quantitative estimate of drug-likeness (QED) is 0.850. The highest BCUT2D eigenvalue weighted by Gasteiger charge is 2.51. The molecular formula is C19H20Cl2N4O2. The minimum Gasteiger partial charge on any atom is -0.333 e. The van der Waals surface area contributed by atoms with E-state index in [2.05, 4.69) is 10.4 Å². The predicted octanol–water partition coefficient (Wildman–Crippen LogP) is 2.81. The third kappa shape index (κ3) is 3.52. The molecule has 0 saturated carbocycles. The van der Waals surface area contributed by atoms with Gasteiger partial charge in [0.05, 0.1) is 28.9 Å². The van der Waals surface area contributed by atoms with E-state index in [1.165, 1.54) is 5.01 Å². The van der Waals surface area contributed by atoms with Crippen molar-refractivity contribution in [1.82, 2.24) is 15.3 Å². The van der Waals surface area contributed by atoms with Crippen molar-refractivity contribution >= 4 is 41.5 Å². The van der Waals surface area contributed by atoms with Crippen molar-refractivity contribution < 1.29 is 9.59 Å². The SMILES string of the molecule is CC1C2C(=O)N(c3ccccc3Cl)NC2CC(=O)N1Cc1ccccn1.Cl. The smallest absolute Gasteiger partial charge is 0.248 e. The first kappa shape index (κ1) is 19.6. The zero-order valence-electron chi connectivity index (χ0n) is 14.7. The van der Waals surface area contributed by atoms with Gasteiger partial charge in [-0.15, -0.1) is 12.4 Å². The number of halogens is 2. The Balaban J connectivity index is 0.00000210. The van der Waals surface area contributed by atoms with Crippen LogP contribution in [0.25, 0.3) is 0 Å². The number of benzene rings is 1. The highest BCUT2D eigenvalue weighted by Crippen LogP contribution is 2.36. The van der Waals surface area contributed by atoms with E-state index in [0.29, 0.717) is 17.3 Å². The van der Waals surface area contributed by atoms with E-state index in [0.717, 1.165) is 5.69 Å². The van der Waals surface area contributed by atoms with E-state index in [9.17, 15) is 9.59 Å². The van der Waals surface area contributed by atoms with Crippen LogP contribution in [-0.2, 0) is 16.1 Å². The maximum absolute atomic E-state index is 13.1. The first-order valence-corrected chi connectivity index (χ1v) is 8.98. The third-order valence-corrected chi connectivity index (χ3v) is 5.43. The molecule has 2 aromatic rings. The van der Waals surface area contributed by atoms with Crippen molar-refractivity contribution in [2.45, 2.75) is 32.0 Å². The Labute approximate surface area is 168 Å². The molecule has 0 aliphatic carbocycles. The number of aromatic nitrogens is 1. The molecule has 0 bridgehead atoms. The van der Waals surface area contributed by atoms with Crippen LogP contribution in [-0.4, -0.2) is 33.8 Å². The molecule has 4 rings (SSSR count). The summed E-state index contributed by atoms with van der Waals surface area (Å²) >= 11 is 6.25. The summed E-state index contributed by atoms with van der Waals surface area (Å²) in [5.74, 6) is -0.354. The number of anilines is 1. The summed E-state index contributed by atoms with van der Waals surface area (Å²) in [4.78, 5) is 31.8. The van der Waals surface area contributed by atoms with Crippen LogP contribution in [0.15, 0.2) is 48.7 Å². The van der Waals surface area contributed by atoms with Crippen LogP contribution in [0.1, 0.15) is 19.0 Å². The first-order valence-electron chi connectivity index (χ1n) is 8.60. The van der Waals surface area contributed by atoms with Crippen LogP contribution in [0.4, 0.5) is 5.69 Å². The van der Waals surface area contributed by atoms with Gasteiger partial charge in [-0.2, -0.15) is 0 Å². The summed E-state index contributed by atoms with van der Waals surface area (Å²) in [5, 5.41) is 1.99. The van der Waals surface area contributed by atoms with E-state index in [1.54, 1.807) is 23.2 Å². The lowest BCUT2D eigenvalue weighted by atomic mass is 9.86. The number of nitrogens with one attached hydrogen (secondary N) is 1. The standard InChI is InChI=1S/C19H19ClN4O2.ClH/c1-12-18-15(10-17(25)23(12)11-13-6-4-5-9-21-13)22-24(19(18)26)16-8-3-2-7-14(16)20;/h2-9,12,15,18,22H,10-11H2,1H3;1H. The Morgan fingerprint density at radius 1 is 1.19 bits per heavy atom. The lowest BCUT2D eigenvalue weighted by Gasteiger charge is -2.38. The fraction of sp³-hybridized carbons (Fsp3) is 0.316. The number of likely N-dealkylation sites (tertiary alicyclic amines) is 1. The van der Waals surface area contributed by atoms with Crippen LogP contribution >= 0.6 is 24.0 Å². The van der Waals surface area contributed by atoms with Gasteiger partial charge in [0.1, 0.15) is 0 Å². The second-order valence-corrected chi connectivity index (χ2v) is 7.08. The van der Waals surface area contributed by atoms with Gasteiger partial charge in [0.25, 0.3) is 0 Å². The molecule has 6 nitrogen and oxygen atoms in total. The number of pyridine rings is 1. The highest BCUT2D eigenvalue weighted by molar-refractivity contribution is 6.33. The van der Waals surface area contributed by atoms with Gasteiger partial charge in [0, 0.05) is 24.7 Å². The second kappa shape index (κ2) is 7.84. The number of fused-ring (bicyclic) bond motifs is 1. The van der Waals surface area contributed by atoms with Gasteiger partial charge >= 0.3 is 0 Å². The average Bonchev–Trinajstić information content (AvgIpc) is 2.96. The van der Waals surface area contributed by atoms with E-state index >= 15 is 0 Å². The summed E-state index contributed by atoms with van der Waals surface area (Å²) in [6.45, 7) is 2.33. The predicted molar refractivity (Wildman–Crippen MR) is 105 cm³/mol. The van der Waals surface area contributed by atoms with Crippen molar-refractivity contribution in [2.75, 3.05) is 5.01 Å². The Morgan fingerprint density at radius 2 is 1.93 bits per heavy atom. The molecule has 1 aromatic heterocycles. The third-order valence-electron chi connectivity index (χ3n) is 5.11. The Hall–Kier alpha value is -2.15. The van der Waals surface area contributed by atoms with E-state index in [-0.39, 0.29) is 48.6 Å². The molecule has 3 atom stereocenters. The molecule has 3 unspecified atom stereocenters. The number of para-hydroxylation sites is 1. The zero-order chi connectivity index (χ0) is 18.3. The molecule has 2 aliphatic rings. The number of amides is 2. The molecule has 2 saturated heterocycles. The lowest BCUT2D eigenvalue weighted by Crippen LogP contribution is -2.54. The fourth-order valence-corrected chi connectivity index (χ4v) is 4.01. The van der Waals surface area contributed by atoms with Crippen LogP contribution in [0.2, 0.25) is 5.02 Å². The Kier molecular flexibility index (Phi) is 5.69. The van der Waals surface area contributed by atoms with Gasteiger partial charge in [-0.05, 0) is 31.2 Å². The Bertz CT molecular complexity index is 849. The highest BCUT2D eigenvalue weighted by atomic mass is 35.5. The van der Waals surface area contributed by atoms with Crippen molar-refractivity contribution in [3.8, 4) is 0 Å².